The molecule has 148 valence electrons. The molecule has 29 heavy (non-hydrogen) atoms. The van der Waals surface area contributed by atoms with Gasteiger partial charge in [0.1, 0.15) is 11.5 Å². The van der Waals surface area contributed by atoms with Crippen LogP contribution in [0.4, 0.5) is 16.2 Å². The Balaban J connectivity index is 1.47. The van der Waals surface area contributed by atoms with Gasteiger partial charge in [-0.15, -0.1) is 0 Å². The normalized spacial score (nSPS) is 13.9. The highest BCUT2D eigenvalue weighted by Gasteiger charge is 2.18. The Morgan fingerprint density at radius 1 is 1.24 bits per heavy atom. The highest BCUT2D eigenvalue weighted by atomic mass is 19.1. The zero-order chi connectivity index (χ0) is 20.2. The van der Waals surface area contributed by atoms with Crippen molar-refractivity contribution in [2.45, 2.75) is 12.8 Å². The van der Waals surface area contributed by atoms with Crippen molar-refractivity contribution in [3.8, 4) is 11.3 Å². The van der Waals surface area contributed by atoms with E-state index in [0.717, 1.165) is 32.1 Å². The van der Waals surface area contributed by atoms with Gasteiger partial charge >= 0.3 is 5.97 Å². The van der Waals surface area contributed by atoms with Crippen LogP contribution in [0.5, 0.6) is 0 Å². The third-order valence-electron chi connectivity index (χ3n) is 4.54. The van der Waals surface area contributed by atoms with E-state index in [1.807, 2.05) is 4.90 Å². The van der Waals surface area contributed by atoms with Gasteiger partial charge in [-0.25, -0.2) is 19.6 Å². The predicted molar refractivity (Wildman–Crippen MR) is 106 cm³/mol. The lowest BCUT2D eigenvalue weighted by Crippen LogP contribution is -2.21. The van der Waals surface area contributed by atoms with Crippen LogP contribution in [0.2, 0.25) is 0 Å². The Kier molecular flexibility index (Phi) is 5.19. The number of nitrogens with zero attached hydrogens (tertiary/aromatic N) is 4. The molecule has 0 radical (unpaired) electrons. The Labute approximate surface area is 165 Å². The number of furan rings is 1. The number of aromatic nitrogens is 2. The molecule has 3 aromatic rings. The van der Waals surface area contributed by atoms with E-state index in [1.54, 1.807) is 30.3 Å². The smallest absolute Gasteiger partial charge is 0.336 e. The molecule has 2 aromatic heterocycles. The van der Waals surface area contributed by atoms with Crippen LogP contribution in [-0.2, 0) is 0 Å². The number of hydrazone groups is 1. The molecule has 0 bridgehead atoms. The van der Waals surface area contributed by atoms with Gasteiger partial charge in [-0.2, -0.15) is 10.1 Å². The van der Waals surface area contributed by atoms with Crippen LogP contribution in [0.3, 0.4) is 0 Å². The number of anilines is 2. The zero-order valence-electron chi connectivity index (χ0n) is 15.4. The maximum Gasteiger partial charge on any atom is 0.336 e. The molecular formula is C20H18FN5O3. The standard InChI is InChI=1S/C20H18FN5O3/c21-16-12-22-20(24-18(16)26-9-3-4-10-26)25-23-11-13-7-8-17(29-13)14-5-1-2-6-15(14)19(27)28/h1-2,5-8,11-12H,3-4,9-10H2,(H,27,28)(H,22,24,25)/b23-11-. The van der Waals surface area contributed by atoms with Crippen molar-refractivity contribution < 1.29 is 18.7 Å². The van der Waals surface area contributed by atoms with Gasteiger partial charge in [0.25, 0.3) is 0 Å². The van der Waals surface area contributed by atoms with Gasteiger partial charge < -0.3 is 14.4 Å². The average molecular weight is 395 g/mol. The summed E-state index contributed by atoms with van der Waals surface area (Å²) >= 11 is 0. The summed E-state index contributed by atoms with van der Waals surface area (Å²) in [7, 11) is 0. The second-order valence-corrected chi connectivity index (χ2v) is 6.48. The molecular weight excluding hydrogens is 377 g/mol. The summed E-state index contributed by atoms with van der Waals surface area (Å²) in [4.78, 5) is 21.3. The topological polar surface area (TPSA) is 104 Å². The molecule has 3 heterocycles. The molecule has 0 atom stereocenters. The third-order valence-corrected chi connectivity index (χ3v) is 4.54. The molecule has 1 aliphatic rings. The van der Waals surface area contributed by atoms with Crippen molar-refractivity contribution in [1.82, 2.24) is 9.97 Å². The SMILES string of the molecule is O=C(O)c1ccccc1-c1ccc(/C=N\Nc2ncc(F)c(N3CCCC3)n2)o1. The number of hydrogen-bond donors (Lipinski definition) is 2. The fourth-order valence-electron chi connectivity index (χ4n) is 3.17. The predicted octanol–water partition coefficient (Wildman–Crippen LogP) is 3.62. The first kappa shape index (κ1) is 18.6. The molecule has 0 amide bonds. The Morgan fingerprint density at radius 3 is 2.83 bits per heavy atom. The summed E-state index contributed by atoms with van der Waals surface area (Å²) in [5.41, 5.74) is 3.29. The van der Waals surface area contributed by atoms with Crippen molar-refractivity contribution in [1.29, 1.82) is 0 Å². The van der Waals surface area contributed by atoms with Gasteiger partial charge in [-0.3, -0.25) is 0 Å². The zero-order valence-corrected chi connectivity index (χ0v) is 15.4. The molecule has 2 N–H and O–H groups in total. The Bertz CT molecular complexity index is 1060. The second-order valence-electron chi connectivity index (χ2n) is 6.48. The molecule has 0 spiro atoms. The van der Waals surface area contributed by atoms with Gasteiger partial charge in [0.05, 0.1) is 18.0 Å². The minimum atomic E-state index is -1.03. The molecule has 0 aliphatic carbocycles. The minimum Gasteiger partial charge on any atom is -0.478 e. The highest BCUT2D eigenvalue weighted by molar-refractivity contribution is 5.95. The van der Waals surface area contributed by atoms with Gasteiger partial charge in [-0.1, -0.05) is 18.2 Å². The van der Waals surface area contributed by atoms with Crippen LogP contribution in [0.25, 0.3) is 11.3 Å². The number of nitrogens with one attached hydrogen (secondary N) is 1. The molecule has 8 nitrogen and oxygen atoms in total. The number of carboxylic acid groups (broad SMARTS) is 1. The van der Waals surface area contributed by atoms with Crippen LogP contribution < -0.4 is 10.3 Å². The Morgan fingerprint density at radius 2 is 2.03 bits per heavy atom. The van der Waals surface area contributed by atoms with Crippen molar-refractivity contribution in [2.24, 2.45) is 5.10 Å². The highest BCUT2D eigenvalue weighted by Crippen LogP contribution is 2.25. The summed E-state index contributed by atoms with van der Waals surface area (Å²) in [6.45, 7) is 1.53. The molecule has 0 saturated carbocycles. The summed E-state index contributed by atoms with van der Waals surface area (Å²) in [6.07, 6.45) is 4.55. The summed E-state index contributed by atoms with van der Waals surface area (Å²) in [5.74, 6) is -0.230. The number of rotatable bonds is 6. The lowest BCUT2D eigenvalue weighted by atomic mass is 10.1. The number of hydrogen-bond acceptors (Lipinski definition) is 7. The molecule has 1 fully saturated rings. The molecule has 1 saturated heterocycles. The number of aromatic carboxylic acids is 1. The van der Waals surface area contributed by atoms with E-state index in [-0.39, 0.29) is 17.3 Å². The minimum absolute atomic E-state index is 0.151. The third kappa shape index (κ3) is 4.08. The van der Waals surface area contributed by atoms with Crippen molar-refractivity contribution >= 4 is 24.0 Å². The lowest BCUT2D eigenvalue weighted by Gasteiger charge is -2.16. The van der Waals surface area contributed by atoms with Crippen LogP contribution in [0, 0.1) is 5.82 Å². The van der Waals surface area contributed by atoms with E-state index < -0.39 is 11.8 Å². The lowest BCUT2D eigenvalue weighted by molar-refractivity contribution is 0.0697. The first-order chi connectivity index (χ1) is 14.1. The van der Waals surface area contributed by atoms with E-state index in [9.17, 15) is 14.3 Å². The number of benzene rings is 1. The quantitative estimate of drug-likeness (QED) is 0.485. The molecule has 0 unspecified atom stereocenters. The largest absolute Gasteiger partial charge is 0.478 e. The molecule has 1 aliphatic heterocycles. The second kappa shape index (κ2) is 8.09. The first-order valence-electron chi connectivity index (χ1n) is 9.11. The van der Waals surface area contributed by atoms with Crippen molar-refractivity contribution in [3.05, 3.63) is 59.7 Å². The number of carbonyl (C=O) groups is 1. The van der Waals surface area contributed by atoms with Gasteiger partial charge in [0, 0.05) is 18.7 Å². The summed E-state index contributed by atoms with van der Waals surface area (Å²) in [6, 6.07) is 9.92. The van der Waals surface area contributed by atoms with Crippen LogP contribution >= 0.6 is 0 Å². The van der Waals surface area contributed by atoms with Gasteiger partial charge in [0.2, 0.25) is 5.95 Å². The molecule has 4 rings (SSSR count). The average Bonchev–Trinajstić information content (AvgIpc) is 3.41. The van der Waals surface area contributed by atoms with E-state index in [4.69, 9.17) is 4.42 Å². The van der Waals surface area contributed by atoms with E-state index in [0.29, 0.717) is 17.1 Å². The van der Waals surface area contributed by atoms with Gasteiger partial charge in [-0.05, 0) is 31.0 Å². The molecule has 1 aromatic carbocycles. The number of carboxylic acids is 1. The first-order valence-corrected chi connectivity index (χ1v) is 9.11. The van der Waals surface area contributed by atoms with E-state index in [2.05, 4.69) is 20.5 Å². The van der Waals surface area contributed by atoms with Crippen molar-refractivity contribution in [3.63, 3.8) is 0 Å². The Hall–Kier alpha value is -3.75. The molecule has 9 heteroatoms. The maximum atomic E-state index is 14.0. The number of halogens is 1. The van der Waals surface area contributed by atoms with E-state index in [1.165, 1.54) is 12.3 Å². The van der Waals surface area contributed by atoms with Crippen LogP contribution in [-0.4, -0.2) is 40.3 Å². The summed E-state index contributed by atoms with van der Waals surface area (Å²) < 4.78 is 19.6. The van der Waals surface area contributed by atoms with Gasteiger partial charge in [0.15, 0.2) is 11.6 Å². The maximum absolute atomic E-state index is 14.0. The van der Waals surface area contributed by atoms with Crippen LogP contribution in [0.1, 0.15) is 29.0 Å². The fourth-order valence-corrected chi connectivity index (χ4v) is 3.17. The summed E-state index contributed by atoms with van der Waals surface area (Å²) in [5, 5.41) is 13.3. The monoisotopic (exact) mass is 395 g/mol. The van der Waals surface area contributed by atoms with Crippen molar-refractivity contribution in [2.75, 3.05) is 23.4 Å². The fraction of sp³-hybridized carbons (Fsp3) is 0.200. The van der Waals surface area contributed by atoms with E-state index >= 15 is 0 Å². The van der Waals surface area contributed by atoms with Crippen LogP contribution in [0.15, 0.2) is 52.1 Å².